The zero-order valence-electron chi connectivity index (χ0n) is 12.9. The summed E-state index contributed by atoms with van der Waals surface area (Å²) in [5.74, 6) is 0.367. The number of nitrogens with one attached hydrogen (secondary N) is 1. The van der Waals surface area contributed by atoms with Gasteiger partial charge in [-0.05, 0) is 36.8 Å². The van der Waals surface area contributed by atoms with E-state index in [1.54, 1.807) is 42.7 Å². The van der Waals surface area contributed by atoms with Crippen LogP contribution in [0.1, 0.15) is 23.8 Å². The van der Waals surface area contributed by atoms with Crippen molar-refractivity contribution in [1.82, 2.24) is 15.1 Å². The number of aromatic nitrogens is 2. The van der Waals surface area contributed by atoms with Gasteiger partial charge in [-0.25, -0.2) is 4.68 Å². The first-order valence-electron chi connectivity index (χ1n) is 7.47. The molecule has 0 aliphatic rings. The van der Waals surface area contributed by atoms with Crippen LogP contribution in [0.4, 0.5) is 0 Å². The van der Waals surface area contributed by atoms with Crippen molar-refractivity contribution in [1.29, 1.82) is 0 Å². The number of carbonyl (C=O) groups excluding carboxylic acids is 1. The first-order valence-corrected chi connectivity index (χ1v) is 8.23. The molecule has 3 rings (SSSR count). The topological polar surface area (TPSA) is 60.1 Å². The third-order valence-corrected chi connectivity index (χ3v) is 4.14. The summed E-state index contributed by atoms with van der Waals surface area (Å²) in [4.78, 5) is 12.5. The molecule has 0 saturated heterocycles. The van der Waals surface area contributed by atoms with Gasteiger partial charge in [0.05, 0.1) is 22.0 Å². The van der Waals surface area contributed by atoms with E-state index < -0.39 is 0 Å². The summed E-state index contributed by atoms with van der Waals surface area (Å²) >= 11 is 12.1. The number of halogens is 2. The Morgan fingerprint density at radius 3 is 2.75 bits per heavy atom. The Morgan fingerprint density at radius 2 is 2.08 bits per heavy atom. The van der Waals surface area contributed by atoms with Crippen molar-refractivity contribution in [3.05, 3.63) is 58.4 Å². The highest BCUT2D eigenvalue weighted by molar-refractivity contribution is 6.42. The molecular formula is C17H15Cl2N3O2. The second kappa shape index (κ2) is 7.11. The number of carbonyl (C=O) groups is 1. The van der Waals surface area contributed by atoms with Gasteiger partial charge in [0.1, 0.15) is 11.4 Å². The largest absolute Gasteiger partial charge is 0.463 e. The highest BCUT2D eigenvalue weighted by Gasteiger charge is 2.19. The minimum atomic E-state index is -0.215. The van der Waals surface area contributed by atoms with Crippen molar-refractivity contribution < 1.29 is 9.21 Å². The van der Waals surface area contributed by atoms with Gasteiger partial charge >= 0.3 is 0 Å². The molecule has 1 amide bonds. The average molecular weight is 364 g/mol. The lowest BCUT2D eigenvalue weighted by Gasteiger charge is -2.08. The van der Waals surface area contributed by atoms with E-state index in [9.17, 15) is 4.79 Å². The van der Waals surface area contributed by atoms with E-state index in [0.29, 0.717) is 39.4 Å². The second-order valence-corrected chi connectivity index (χ2v) is 5.97. The summed E-state index contributed by atoms with van der Waals surface area (Å²) < 4.78 is 6.91. The quantitative estimate of drug-likeness (QED) is 0.721. The van der Waals surface area contributed by atoms with Gasteiger partial charge < -0.3 is 9.73 Å². The van der Waals surface area contributed by atoms with Gasteiger partial charge in [-0.3, -0.25) is 4.79 Å². The maximum absolute atomic E-state index is 12.5. The van der Waals surface area contributed by atoms with Crippen LogP contribution in [0, 0.1) is 0 Å². The number of hydrogen-bond acceptors (Lipinski definition) is 3. The standard InChI is InChI=1S/C17H15Cl2N3O2/c1-2-7-20-17(23)15-10-14(16-4-3-8-24-16)21-22(15)11-5-6-12(18)13(19)9-11/h3-6,8-10H,2,7H2,1H3,(H,20,23). The van der Waals surface area contributed by atoms with E-state index in [0.717, 1.165) is 6.42 Å². The third-order valence-electron chi connectivity index (χ3n) is 3.40. The van der Waals surface area contributed by atoms with E-state index in [2.05, 4.69) is 10.4 Å². The summed E-state index contributed by atoms with van der Waals surface area (Å²) in [7, 11) is 0. The van der Waals surface area contributed by atoms with Gasteiger partial charge in [0.2, 0.25) is 0 Å². The highest BCUT2D eigenvalue weighted by Crippen LogP contribution is 2.27. The molecule has 2 heterocycles. The Hall–Kier alpha value is -2.24. The second-order valence-electron chi connectivity index (χ2n) is 5.16. The molecule has 0 atom stereocenters. The SMILES string of the molecule is CCCNC(=O)c1cc(-c2ccco2)nn1-c1ccc(Cl)c(Cl)c1. The lowest BCUT2D eigenvalue weighted by atomic mass is 10.2. The van der Waals surface area contributed by atoms with Crippen molar-refractivity contribution in [2.45, 2.75) is 13.3 Å². The van der Waals surface area contributed by atoms with Crippen molar-refractivity contribution in [2.24, 2.45) is 0 Å². The zero-order valence-corrected chi connectivity index (χ0v) is 14.4. The first-order chi connectivity index (χ1) is 11.6. The average Bonchev–Trinajstić information content (AvgIpc) is 3.24. The summed E-state index contributed by atoms with van der Waals surface area (Å²) in [6, 6.07) is 10.3. The number of amides is 1. The molecule has 24 heavy (non-hydrogen) atoms. The van der Waals surface area contributed by atoms with Crippen molar-refractivity contribution >= 4 is 29.1 Å². The minimum absolute atomic E-state index is 0.215. The van der Waals surface area contributed by atoms with Crippen LogP contribution >= 0.6 is 23.2 Å². The highest BCUT2D eigenvalue weighted by atomic mass is 35.5. The van der Waals surface area contributed by atoms with Crippen LogP contribution in [0.3, 0.4) is 0 Å². The van der Waals surface area contributed by atoms with Crippen LogP contribution in [-0.2, 0) is 0 Å². The summed E-state index contributed by atoms with van der Waals surface area (Å²) in [5.41, 5.74) is 1.60. The summed E-state index contributed by atoms with van der Waals surface area (Å²) in [6.45, 7) is 2.58. The Balaban J connectivity index is 2.08. The van der Waals surface area contributed by atoms with Crippen molar-refractivity contribution in [3.8, 4) is 17.1 Å². The fraction of sp³-hybridized carbons (Fsp3) is 0.176. The molecular weight excluding hydrogens is 349 g/mol. The Bertz CT molecular complexity index is 857. The molecule has 3 aromatic rings. The molecule has 0 spiro atoms. The lowest BCUT2D eigenvalue weighted by molar-refractivity contribution is 0.0946. The van der Waals surface area contributed by atoms with E-state index in [4.69, 9.17) is 27.6 Å². The van der Waals surface area contributed by atoms with Gasteiger partial charge in [0.15, 0.2) is 5.76 Å². The van der Waals surface area contributed by atoms with E-state index in [-0.39, 0.29) is 5.91 Å². The van der Waals surface area contributed by atoms with Crippen molar-refractivity contribution in [3.63, 3.8) is 0 Å². The lowest BCUT2D eigenvalue weighted by Crippen LogP contribution is -2.26. The van der Waals surface area contributed by atoms with Crippen LogP contribution < -0.4 is 5.32 Å². The van der Waals surface area contributed by atoms with Gasteiger partial charge in [0, 0.05) is 12.6 Å². The number of nitrogens with zero attached hydrogens (tertiary/aromatic N) is 2. The van der Waals surface area contributed by atoms with Crippen LogP contribution in [0.2, 0.25) is 10.0 Å². The van der Waals surface area contributed by atoms with Gasteiger partial charge in [-0.2, -0.15) is 5.10 Å². The predicted molar refractivity (Wildman–Crippen MR) is 93.9 cm³/mol. The number of rotatable bonds is 5. The van der Waals surface area contributed by atoms with Crippen LogP contribution in [0.25, 0.3) is 17.1 Å². The molecule has 0 bridgehead atoms. The van der Waals surface area contributed by atoms with Crippen LogP contribution in [0.5, 0.6) is 0 Å². The van der Waals surface area contributed by atoms with Gasteiger partial charge in [-0.1, -0.05) is 30.1 Å². The predicted octanol–water partition coefficient (Wildman–Crippen LogP) is 4.58. The molecule has 0 aliphatic heterocycles. The van der Waals surface area contributed by atoms with E-state index in [1.165, 1.54) is 4.68 Å². The Labute approximate surface area is 149 Å². The normalized spacial score (nSPS) is 10.8. The van der Waals surface area contributed by atoms with Gasteiger partial charge in [0.25, 0.3) is 5.91 Å². The Morgan fingerprint density at radius 1 is 1.25 bits per heavy atom. The smallest absolute Gasteiger partial charge is 0.270 e. The molecule has 1 N–H and O–H groups in total. The summed E-state index contributed by atoms with van der Waals surface area (Å²) in [5, 5.41) is 8.17. The van der Waals surface area contributed by atoms with E-state index >= 15 is 0 Å². The monoisotopic (exact) mass is 363 g/mol. The van der Waals surface area contributed by atoms with Crippen molar-refractivity contribution in [2.75, 3.05) is 6.54 Å². The minimum Gasteiger partial charge on any atom is -0.463 e. The maximum Gasteiger partial charge on any atom is 0.270 e. The number of furan rings is 1. The van der Waals surface area contributed by atoms with E-state index in [1.807, 2.05) is 6.92 Å². The zero-order chi connectivity index (χ0) is 17.1. The molecule has 1 aromatic carbocycles. The van der Waals surface area contributed by atoms with Crippen LogP contribution in [0.15, 0.2) is 47.1 Å². The molecule has 0 saturated carbocycles. The fourth-order valence-electron chi connectivity index (χ4n) is 2.23. The molecule has 5 nitrogen and oxygen atoms in total. The molecule has 0 unspecified atom stereocenters. The maximum atomic E-state index is 12.5. The fourth-order valence-corrected chi connectivity index (χ4v) is 2.52. The van der Waals surface area contributed by atoms with Gasteiger partial charge in [-0.15, -0.1) is 0 Å². The molecule has 0 aliphatic carbocycles. The first kappa shape index (κ1) is 16.6. The Kier molecular flexibility index (Phi) is 4.92. The molecule has 2 aromatic heterocycles. The molecule has 0 fully saturated rings. The number of benzene rings is 1. The molecule has 124 valence electrons. The molecule has 0 radical (unpaired) electrons. The molecule has 7 heteroatoms. The number of hydrogen-bond donors (Lipinski definition) is 1. The summed E-state index contributed by atoms with van der Waals surface area (Å²) in [6.07, 6.45) is 2.40. The van der Waals surface area contributed by atoms with Crippen LogP contribution in [-0.4, -0.2) is 22.2 Å². The third kappa shape index (κ3) is 3.32.